The Bertz CT molecular complexity index is 1120. The lowest BCUT2D eigenvalue weighted by Crippen LogP contribution is -2.02. The number of aromatic nitrogens is 4. The number of pyridine rings is 3. The lowest BCUT2D eigenvalue weighted by atomic mass is 10.00. The molecule has 0 saturated heterocycles. The average Bonchev–Trinajstić information content (AvgIpc) is 3.17. The first-order valence-electron chi connectivity index (χ1n) is 9.21. The molecule has 1 atom stereocenters. The Balaban J connectivity index is 1.89. The summed E-state index contributed by atoms with van der Waals surface area (Å²) in [6.45, 7) is 4.10. The van der Waals surface area contributed by atoms with Crippen LogP contribution in [-0.2, 0) is 0 Å². The second kappa shape index (κ2) is 6.96. The number of anilines is 1. The summed E-state index contributed by atoms with van der Waals surface area (Å²) in [4.78, 5) is 13.5. The molecule has 0 aliphatic heterocycles. The SMILES string of the molecule is CCC[C@H](O)c1cc(C)c(-c2cc3cnc(NC)cc3n3ccnc23)cn1. The van der Waals surface area contributed by atoms with Gasteiger partial charge in [0, 0.05) is 54.4 Å². The zero-order valence-corrected chi connectivity index (χ0v) is 15.8. The van der Waals surface area contributed by atoms with Crippen molar-refractivity contribution >= 4 is 22.4 Å². The number of rotatable bonds is 5. The van der Waals surface area contributed by atoms with Gasteiger partial charge in [-0.15, -0.1) is 0 Å². The summed E-state index contributed by atoms with van der Waals surface area (Å²) in [7, 11) is 1.86. The van der Waals surface area contributed by atoms with E-state index in [1.807, 2.05) is 44.7 Å². The number of nitrogens with zero attached hydrogens (tertiary/aromatic N) is 4. The normalized spacial score (nSPS) is 12.6. The van der Waals surface area contributed by atoms with Gasteiger partial charge in [-0.2, -0.15) is 0 Å². The molecule has 6 heteroatoms. The van der Waals surface area contributed by atoms with Gasteiger partial charge in [-0.25, -0.2) is 9.97 Å². The van der Waals surface area contributed by atoms with Gasteiger partial charge in [0.1, 0.15) is 11.5 Å². The Morgan fingerprint density at radius 1 is 1.11 bits per heavy atom. The van der Waals surface area contributed by atoms with Crippen LogP contribution in [0.2, 0.25) is 0 Å². The van der Waals surface area contributed by atoms with Crippen LogP contribution in [0, 0.1) is 6.92 Å². The van der Waals surface area contributed by atoms with Crippen molar-refractivity contribution in [3.8, 4) is 11.1 Å². The van der Waals surface area contributed by atoms with Gasteiger partial charge in [0.15, 0.2) is 0 Å². The third-order valence-electron chi connectivity index (χ3n) is 4.93. The van der Waals surface area contributed by atoms with Gasteiger partial charge in [-0.1, -0.05) is 13.3 Å². The van der Waals surface area contributed by atoms with E-state index in [4.69, 9.17) is 0 Å². The lowest BCUT2D eigenvalue weighted by molar-refractivity contribution is 0.161. The highest BCUT2D eigenvalue weighted by Crippen LogP contribution is 2.32. The van der Waals surface area contributed by atoms with E-state index in [-0.39, 0.29) is 0 Å². The maximum atomic E-state index is 10.2. The molecule has 4 aromatic heterocycles. The largest absolute Gasteiger partial charge is 0.387 e. The van der Waals surface area contributed by atoms with Crippen LogP contribution in [-0.4, -0.2) is 31.5 Å². The van der Waals surface area contributed by atoms with Crippen molar-refractivity contribution in [3.63, 3.8) is 0 Å². The van der Waals surface area contributed by atoms with Crippen LogP contribution in [0.5, 0.6) is 0 Å². The first-order valence-corrected chi connectivity index (χ1v) is 9.21. The molecule has 4 heterocycles. The van der Waals surface area contributed by atoms with Crippen molar-refractivity contribution in [2.45, 2.75) is 32.8 Å². The molecule has 0 aliphatic rings. The van der Waals surface area contributed by atoms with Crippen molar-refractivity contribution in [3.05, 3.63) is 54.2 Å². The predicted molar refractivity (Wildman–Crippen MR) is 108 cm³/mol. The Hall–Kier alpha value is -2.99. The molecule has 4 aromatic rings. The van der Waals surface area contributed by atoms with Crippen LogP contribution in [0.3, 0.4) is 0 Å². The van der Waals surface area contributed by atoms with Crippen LogP contribution in [0.15, 0.2) is 43.0 Å². The van der Waals surface area contributed by atoms with Gasteiger partial charge in [0.05, 0.1) is 17.3 Å². The van der Waals surface area contributed by atoms with Gasteiger partial charge in [0.2, 0.25) is 0 Å². The summed E-state index contributed by atoms with van der Waals surface area (Å²) in [5.41, 5.74) is 5.73. The number of fused-ring (bicyclic) bond motifs is 3. The Labute approximate surface area is 157 Å². The molecule has 0 radical (unpaired) electrons. The highest BCUT2D eigenvalue weighted by atomic mass is 16.3. The van der Waals surface area contributed by atoms with Crippen LogP contribution >= 0.6 is 0 Å². The number of aliphatic hydroxyl groups excluding tert-OH is 1. The third-order valence-corrected chi connectivity index (χ3v) is 4.93. The van der Waals surface area contributed by atoms with E-state index >= 15 is 0 Å². The molecule has 6 nitrogen and oxygen atoms in total. The van der Waals surface area contributed by atoms with E-state index in [0.29, 0.717) is 6.42 Å². The molecule has 27 heavy (non-hydrogen) atoms. The molecule has 0 saturated carbocycles. The number of nitrogens with one attached hydrogen (secondary N) is 1. The molecule has 2 N–H and O–H groups in total. The topological polar surface area (TPSA) is 75.3 Å². The van der Waals surface area contributed by atoms with Crippen molar-refractivity contribution in [1.29, 1.82) is 0 Å². The smallest absolute Gasteiger partial charge is 0.145 e. The number of aliphatic hydroxyl groups is 1. The number of aryl methyl sites for hydroxylation is 1. The van der Waals surface area contributed by atoms with Crippen LogP contribution in [0.4, 0.5) is 5.82 Å². The molecule has 0 amide bonds. The van der Waals surface area contributed by atoms with Gasteiger partial charge >= 0.3 is 0 Å². The Morgan fingerprint density at radius 2 is 1.96 bits per heavy atom. The summed E-state index contributed by atoms with van der Waals surface area (Å²) < 4.78 is 2.08. The first-order chi connectivity index (χ1) is 13.1. The average molecular weight is 361 g/mol. The molecular formula is C21H23N5O. The van der Waals surface area contributed by atoms with Crippen molar-refractivity contribution in [2.75, 3.05) is 12.4 Å². The van der Waals surface area contributed by atoms with Gasteiger partial charge < -0.3 is 10.4 Å². The highest BCUT2D eigenvalue weighted by molar-refractivity contribution is 5.92. The van der Waals surface area contributed by atoms with Gasteiger partial charge in [-0.3, -0.25) is 9.38 Å². The molecule has 0 bridgehead atoms. The Kier molecular flexibility index (Phi) is 4.49. The summed E-state index contributed by atoms with van der Waals surface area (Å²) in [5, 5.41) is 14.4. The standard InChI is InChI=1S/C21H23N5O/c1-4-5-19(27)17-8-13(2)16(12-24-17)15-9-14-11-25-20(22-3)10-18(14)26-7-6-23-21(15)26/h6-12,19,27H,4-5H2,1-3H3,(H,22,25)/t19-/m0/s1. The zero-order valence-electron chi connectivity index (χ0n) is 15.8. The molecular weight excluding hydrogens is 338 g/mol. The zero-order chi connectivity index (χ0) is 19.0. The van der Waals surface area contributed by atoms with E-state index in [1.54, 1.807) is 6.20 Å². The maximum Gasteiger partial charge on any atom is 0.145 e. The summed E-state index contributed by atoms with van der Waals surface area (Å²) >= 11 is 0. The molecule has 0 fully saturated rings. The summed E-state index contributed by atoms with van der Waals surface area (Å²) in [6, 6.07) is 6.10. The van der Waals surface area contributed by atoms with E-state index < -0.39 is 6.10 Å². The van der Waals surface area contributed by atoms with E-state index in [1.165, 1.54) is 0 Å². The fourth-order valence-corrected chi connectivity index (χ4v) is 3.49. The van der Waals surface area contributed by atoms with Crippen molar-refractivity contribution < 1.29 is 5.11 Å². The first kappa shape index (κ1) is 17.4. The highest BCUT2D eigenvalue weighted by Gasteiger charge is 2.15. The molecule has 0 aromatic carbocycles. The molecule has 0 aliphatic carbocycles. The van der Waals surface area contributed by atoms with E-state index in [9.17, 15) is 5.11 Å². The molecule has 0 spiro atoms. The van der Waals surface area contributed by atoms with Crippen molar-refractivity contribution in [1.82, 2.24) is 19.4 Å². The van der Waals surface area contributed by atoms with Crippen LogP contribution in [0.25, 0.3) is 27.7 Å². The minimum absolute atomic E-state index is 0.519. The fraction of sp³-hybridized carbons (Fsp3) is 0.286. The molecule has 0 unspecified atom stereocenters. The number of hydrogen-bond acceptors (Lipinski definition) is 5. The minimum Gasteiger partial charge on any atom is -0.387 e. The second-order valence-corrected chi connectivity index (χ2v) is 6.79. The second-order valence-electron chi connectivity index (χ2n) is 6.79. The molecule has 4 rings (SSSR count). The molecule has 138 valence electrons. The minimum atomic E-state index is -0.519. The quantitative estimate of drug-likeness (QED) is 0.559. The lowest BCUT2D eigenvalue weighted by Gasteiger charge is -2.14. The predicted octanol–water partition coefficient (Wildman–Crippen LogP) is 4.13. The van der Waals surface area contributed by atoms with Crippen LogP contribution in [0.1, 0.15) is 37.1 Å². The Morgan fingerprint density at radius 3 is 2.70 bits per heavy atom. The monoisotopic (exact) mass is 361 g/mol. The number of hydrogen-bond donors (Lipinski definition) is 2. The van der Waals surface area contributed by atoms with Crippen molar-refractivity contribution in [2.24, 2.45) is 0 Å². The van der Waals surface area contributed by atoms with Crippen LogP contribution < -0.4 is 5.32 Å². The van der Waals surface area contributed by atoms with Gasteiger partial charge in [-0.05, 0) is 31.0 Å². The summed E-state index contributed by atoms with van der Waals surface area (Å²) in [5.74, 6) is 0.817. The number of imidazole rings is 1. The third kappa shape index (κ3) is 3.02. The van der Waals surface area contributed by atoms with E-state index in [2.05, 4.69) is 37.7 Å². The summed E-state index contributed by atoms with van der Waals surface area (Å²) in [6.07, 6.45) is 8.59. The van der Waals surface area contributed by atoms with E-state index in [0.717, 1.165) is 51.2 Å². The maximum absolute atomic E-state index is 10.2. The fourth-order valence-electron chi connectivity index (χ4n) is 3.49. The van der Waals surface area contributed by atoms with Gasteiger partial charge in [0.25, 0.3) is 0 Å².